The molecule has 0 aliphatic heterocycles. The Balaban J connectivity index is 3.37. The molecule has 0 N–H and O–H groups in total. The molecule has 3 heteroatoms. The number of rotatable bonds is 3. The van der Waals surface area contributed by atoms with E-state index in [0.29, 0.717) is 0 Å². The van der Waals surface area contributed by atoms with Crippen molar-refractivity contribution >= 4 is 23.1 Å². The maximum absolute atomic E-state index is 5.27. The van der Waals surface area contributed by atoms with Crippen molar-refractivity contribution in [2.45, 2.75) is 25.9 Å². The van der Waals surface area contributed by atoms with E-state index in [-0.39, 0.29) is 5.60 Å². The molecule has 0 aromatic carbocycles. The fourth-order valence-corrected chi connectivity index (χ4v) is 1.11. The van der Waals surface area contributed by atoms with Gasteiger partial charge >= 0.3 is 0 Å². The van der Waals surface area contributed by atoms with E-state index in [9.17, 15) is 0 Å². The summed E-state index contributed by atoms with van der Waals surface area (Å²) >= 11 is 4.10. The zero-order valence-corrected chi connectivity index (χ0v) is 8.66. The van der Waals surface area contributed by atoms with Gasteiger partial charge in [0.15, 0.2) is 0 Å². The largest absolute Gasteiger partial charge is 0.423 e. The third-order valence-electron chi connectivity index (χ3n) is 1.27. The van der Waals surface area contributed by atoms with E-state index in [1.807, 2.05) is 0 Å². The molecule has 50 valence electrons. The third kappa shape index (κ3) is 3.52. The highest BCUT2D eigenvalue weighted by molar-refractivity contribution is 7.80. The van der Waals surface area contributed by atoms with Crippen LogP contribution in [0.15, 0.2) is 0 Å². The Bertz CT molecular complexity index is 65.4. The highest BCUT2D eigenvalue weighted by Crippen LogP contribution is 2.12. The first-order chi connectivity index (χ1) is 3.62. The van der Waals surface area contributed by atoms with E-state index in [1.165, 1.54) is 0 Å². The molecule has 0 rings (SSSR count). The summed E-state index contributed by atoms with van der Waals surface area (Å²) in [6.07, 6.45) is 1.04. The average Bonchev–Trinajstić information content (AvgIpc) is 1.67. The van der Waals surface area contributed by atoms with Gasteiger partial charge in [-0.2, -0.15) is 12.6 Å². The van der Waals surface area contributed by atoms with Gasteiger partial charge in [-0.1, -0.05) is 0 Å². The molecule has 8 heavy (non-hydrogen) atoms. The number of hydrogen-bond acceptors (Lipinski definition) is 2. The van der Waals surface area contributed by atoms with E-state index in [4.69, 9.17) is 4.43 Å². The van der Waals surface area contributed by atoms with Crippen LogP contribution in [0.5, 0.6) is 0 Å². The molecule has 0 spiro atoms. The smallest absolute Gasteiger partial charge is 0.146 e. The summed E-state index contributed by atoms with van der Waals surface area (Å²) < 4.78 is 5.27. The molecular weight excluding hydrogens is 136 g/mol. The van der Waals surface area contributed by atoms with E-state index in [1.54, 1.807) is 0 Å². The molecule has 0 aromatic heterocycles. The van der Waals surface area contributed by atoms with Crippen LogP contribution in [0.4, 0.5) is 0 Å². The molecule has 0 aromatic rings. The molecule has 0 fully saturated rings. The Labute approximate surface area is 59.8 Å². The van der Waals surface area contributed by atoms with Crippen LogP contribution >= 0.6 is 12.6 Å². The van der Waals surface area contributed by atoms with Crippen molar-refractivity contribution in [2.75, 3.05) is 5.75 Å². The van der Waals surface area contributed by atoms with Gasteiger partial charge in [0, 0.05) is 0 Å². The van der Waals surface area contributed by atoms with Crippen LogP contribution in [0.1, 0.15) is 20.3 Å². The molecule has 0 atom stereocenters. The van der Waals surface area contributed by atoms with Gasteiger partial charge in [0.25, 0.3) is 0 Å². The van der Waals surface area contributed by atoms with Crippen molar-refractivity contribution in [2.24, 2.45) is 0 Å². The molecule has 0 saturated heterocycles. The first-order valence-corrected chi connectivity index (χ1v) is 4.23. The van der Waals surface area contributed by atoms with E-state index < -0.39 is 0 Å². The predicted octanol–water partition coefficient (Wildman–Crippen LogP) is 0.382. The van der Waals surface area contributed by atoms with Gasteiger partial charge < -0.3 is 4.43 Å². The predicted molar refractivity (Wildman–Crippen MR) is 43.6 cm³/mol. The van der Waals surface area contributed by atoms with Gasteiger partial charge in [0.1, 0.15) is 10.5 Å². The summed E-state index contributed by atoms with van der Waals surface area (Å²) in [5.74, 6) is 0.912. The highest BCUT2D eigenvalue weighted by atomic mass is 32.1. The monoisotopic (exact) mass is 150 g/mol. The topological polar surface area (TPSA) is 9.23 Å². The Morgan fingerprint density at radius 3 is 2.25 bits per heavy atom. The van der Waals surface area contributed by atoms with Gasteiger partial charge in [-0.25, -0.2) is 0 Å². The Morgan fingerprint density at radius 1 is 1.62 bits per heavy atom. The van der Waals surface area contributed by atoms with Gasteiger partial charge in [0.2, 0.25) is 0 Å². The molecule has 0 saturated carbocycles. The Morgan fingerprint density at radius 2 is 2.12 bits per heavy atom. The van der Waals surface area contributed by atoms with Crippen molar-refractivity contribution in [1.29, 1.82) is 0 Å². The second kappa shape index (κ2) is 3.53. The van der Waals surface area contributed by atoms with Crippen LogP contribution in [0.2, 0.25) is 0 Å². The molecule has 0 unspecified atom stereocenters. The van der Waals surface area contributed by atoms with E-state index >= 15 is 0 Å². The van der Waals surface area contributed by atoms with Crippen molar-refractivity contribution < 1.29 is 4.43 Å². The van der Waals surface area contributed by atoms with Crippen LogP contribution in [0, 0.1) is 0 Å². The summed E-state index contributed by atoms with van der Waals surface area (Å²) in [4.78, 5) is 0. The minimum Gasteiger partial charge on any atom is -0.423 e. The summed E-state index contributed by atoms with van der Waals surface area (Å²) in [6.45, 7) is 4.19. The zero-order chi connectivity index (χ0) is 6.62. The lowest BCUT2D eigenvalue weighted by atomic mass is 10.1. The van der Waals surface area contributed by atoms with Crippen molar-refractivity contribution in [3.63, 3.8) is 0 Å². The lowest BCUT2D eigenvalue weighted by molar-refractivity contribution is 0.121. The third-order valence-corrected chi connectivity index (χ3v) is 2.60. The Kier molecular flexibility index (Phi) is 3.77. The maximum Gasteiger partial charge on any atom is 0.146 e. The van der Waals surface area contributed by atoms with Crippen LogP contribution in [-0.2, 0) is 4.43 Å². The minimum atomic E-state index is 0.0774. The summed E-state index contributed by atoms with van der Waals surface area (Å²) in [6, 6.07) is 0. The lowest BCUT2D eigenvalue weighted by Gasteiger charge is -2.21. The molecule has 0 bridgehead atoms. The van der Waals surface area contributed by atoms with Gasteiger partial charge in [0.05, 0.1) is 5.60 Å². The van der Waals surface area contributed by atoms with Crippen LogP contribution < -0.4 is 0 Å². The van der Waals surface area contributed by atoms with Crippen LogP contribution in [-0.4, -0.2) is 21.8 Å². The quantitative estimate of drug-likeness (QED) is 0.452. The highest BCUT2D eigenvalue weighted by Gasteiger charge is 2.12. The van der Waals surface area contributed by atoms with Crippen molar-refractivity contribution in [1.82, 2.24) is 0 Å². The standard InChI is InChI=1S/C5H14OSSi/c1-5(2,6-8)3-4-7/h7H,3-4H2,1-2,8H3. The SMILES string of the molecule is CC(C)(CCS)O[SiH3]. The molecule has 0 radical (unpaired) electrons. The fraction of sp³-hybridized carbons (Fsp3) is 1.00. The molecule has 0 aliphatic rings. The first-order valence-electron chi connectivity index (χ1n) is 2.78. The zero-order valence-electron chi connectivity index (χ0n) is 5.77. The Hall–Kier alpha value is 0.527. The van der Waals surface area contributed by atoms with Gasteiger partial charge in [-0.3, -0.25) is 0 Å². The second-order valence-electron chi connectivity index (χ2n) is 2.44. The normalized spacial score (nSPS) is 12.4. The van der Waals surface area contributed by atoms with Crippen molar-refractivity contribution in [3.8, 4) is 0 Å². The van der Waals surface area contributed by atoms with Gasteiger partial charge in [-0.05, 0) is 26.0 Å². The summed E-state index contributed by atoms with van der Waals surface area (Å²) in [7, 11) is 0.828. The minimum absolute atomic E-state index is 0.0774. The maximum atomic E-state index is 5.27. The summed E-state index contributed by atoms with van der Waals surface area (Å²) in [5, 5.41) is 0. The number of hydrogen-bond donors (Lipinski definition) is 1. The van der Waals surface area contributed by atoms with Gasteiger partial charge in [-0.15, -0.1) is 0 Å². The van der Waals surface area contributed by atoms with Crippen molar-refractivity contribution in [3.05, 3.63) is 0 Å². The fourth-order valence-electron chi connectivity index (χ4n) is 0.371. The molecule has 0 heterocycles. The second-order valence-corrected chi connectivity index (χ2v) is 3.29. The van der Waals surface area contributed by atoms with E-state index in [0.717, 1.165) is 22.7 Å². The van der Waals surface area contributed by atoms with Crippen LogP contribution in [0.3, 0.4) is 0 Å². The molecule has 0 aliphatic carbocycles. The average molecular weight is 150 g/mol. The lowest BCUT2D eigenvalue weighted by Crippen LogP contribution is -2.23. The summed E-state index contributed by atoms with van der Waals surface area (Å²) in [5.41, 5.74) is 0.0774. The van der Waals surface area contributed by atoms with E-state index in [2.05, 4.69) is 26.5 Å². The van der Waals surface area contributed by atoms with Crippen LogP contribution in [0.25, 0.3) is 0 Å². The molecule has 0 amide bonds. The first kappa shape index (κ1) is 8.53. The molecular formula is C5H14OSSi. The number of thiol groups is 1. The molecule has 1 nitrogen and oxygen atoms in total.